The van der Waals surface area contributed by atoms with Gasteiger partial charge < -0.3 is 10.5 Å². The Labute approximate surface area is 107 Å². The molecule has 2 N–H and O–H groups in total. The van der Waals surface area contributed by atoms with E-state index in [1.165, 1.54) is 7.11 Å². The van der Waals surface area contributed by atoms with Gasteiger partial charge in [0, 0.05) is 6.42 Å². The highest BCUT2D eigenvalue weighted by molar-refractivity contribution is 5.92. The van der Waals surface area contributed by atoms with Crippen LogP contribution in [0.15, 0.2) is 0 Å². The van der Waals surface area contributed by atoms with Crippen LogP contribution in [0.2, 0.25) is 0 Å². The summed E-state index contributed by atoms with van der Waals surface area (Å²) in [5, 5.41) is 0. The maximum Gasteiger partial charge on any atom is 0.360 e. The van der Waals surface area contributed by atoms with Crippen molar-refractivity contribution >= 4 is 11.8 Å². The molecule has 1 rings (SSSR count). The van der Waals surface area contributed by atoms with E-state index in [4.69, 9.17) is 12.2 Å². The summed E-state index contributed by atoms with van der Waals surface area (Å²) in [6, 6.07) is -0.171. The minimum Gasteiger partial charge on any atom is -0.464 e. The highest BCUT2D eigenvalue weighted by Gasteiger charge is 2.23. The van der Waals surface area contributed by atoms with Gasteiger partial charge in [0.25, 0.3) is 0 Å². The molecular formula is C13H19N3O2. The van der Waals surface area contributed by atoms with Crippen LogP contribution in [0, 0.1) is 12.3 Å². The van der Waals surface area contributed by atoms with E-state index >= 15 is 0 Å². The summed E-state index contributed by atoms with van der Waals surface area (Å²) in [7, 11) is 1.30. The number of ether oxygens (including phenoxy) is 1. The Kier molecular flexibility index (Phi) is 4.78. The number of hydrogen-bond acceptors (Lipinski definition) is 4. The van der Waals surface area contributed by atoms with Crippen LogP contribution >= 0.6 is 0 Å². The first-order chi connectivity index (χ1) is 8.60. The summed E-state index contributed by atoms with van der Waals surface area (Å²) < 4.78 is 6.42. The molecule has 0 saturated carbocycles. The molecule has 0 fully saturated rings. The molecule has 1 heterocycles. The second kappa shape index (κ2) is 6.10. The Morgan fingerprint density at radius 1 is 1.61 bits per heavy atom. The Morgan fingerprint density at radius 2 is 2.28 bits per heavy atom. The molecule has 1 aromatic rings. The number of hydrogen-bond donors (Lipinski definition) is 1. The van der Waals surface area contributed by atoms with E-state index in [0.29, 0.717) is 12.2 Å². The Morgan fingerprint density at radius 3 is 2.72 bits per heavy atom. The fourth-order valence-electron chi connectivity index (χ4n) is 1.90. The first-order valence-electron chi connectivity index (χ1n) is 6.01. The maximum absolute atomic E-state index is 11.6. The Bertz CT molecular complexity index is 471. The second-order valence-corrected chi connectivity index (χ2v) is 3.95. The lowest BCUT2D eigenvalue weighted by molar-refractivity contribution is 0.0595. The van der Waals surface area contributed by atoms with Gasteiger partial charge in [-0.05, 0) is 6.42 Å². The van der Waals surface area contributed by atoms with E-state index in [0.717, 1.165) is 12.8 Å². The monoisotopic (exact) mass is 249 g/mol. The lowest BCUT2D eigenvalue weighted by atomic mass is 10.1. The largest absolute Gasteiger partial charge is 0.464 e. The molecule has 0 radical (unpaired) electrons. The third-order valence-corrected chi connectivity index (χ3v) is 2.78. The molecule has 0 aliphatic rings. The van der Waals surface area contributed by atoms with Crippen LogP contribution in [-0.4, -0.2) is 22.6 Å². The van der Waals surface area contributed by atoms with Gasteiger partial charge in [0.1, 0.15) is 11.6 Å². The van der Waals surface area contributed by atoms with Crippen molar-refractivity contribution in [3.8, 4) is 12.3 Å². The topological polar surface area (TPSA) is 70.1 Å². The van der Waals surface area contributed by atoms with Crippen LogP contribution in [0.3, 0.4) is 0 Å². The zero-order chi connectivity index (χ0) is 13.7. The van der Waals surface area contributed by atoms with Gasteiger partial charge >= 0.3 is 5.97 Å². The summed E-state index contributed by atoms with van der Waals surface area (Å²) in [5.41, 5.74) is 6.11. The lowest BCUT2D eigenvalue weighted by Gasteiger charge is -2.15. The molecule has 0 saturated heterocycles. The number of imidazole rings is 1. The molecule has 1 aromatic heterocycles. The van der Waals surface area contributed by atoms with Crippen LogP contribution in [0.5, 0.6) is 0 Å². The normalized spacial score (nSPS) is 11.9. The smallest absolute Gasteiger partial charge is 0.360 e. The number of carbonyl (C=O) groups is 1. The van der Waals surface area contributed by atoms with Crippen molar-refractivity contribution in [3.05, 3.63) is 11.5 Å². The molecule has 0 aliphatic heterocycles. The van der Waals surface area contributed by atoms with E-state index in [-0.39, 0.29) is 17.6 Å². The highest BCUT2D eigenvalue weighted by Crippen LogP contribution is 2.24. The second-order valence-electron chi connectivity index (χ2n) is 3.95. The van der Waals surface area contributed by atoms with E-state index in [9.17, 15) is 4.79 Å². The summed E-state index contributed by atoms with van der Waals surface area (Å²) in [5.74, 6) is 3.16. The molecule has 0 aliphatic carbocycles. The van der Waals surface area contributed by atoms with Crippen LogP contribution in [-0.2, 0) is 11.2 Å². The van der Waals surface area contributed by atoms with Gasteiger partial charge in [0.05, 0.1) is 13.2 Å². The van der Waals surface area contributed by atoms with Crippen molar-refractivity contribution < 1.29 is 9.53 Å². The van der Waals surface area contributed by atoms with E-state index in [1.807, 2.05) is 13.8 Å². The summed E-state index contributed by atoms with van der Waals surface area (Å²) in [6.45, 7) is 3.99. The van der Waals surface area contributed by atoms with Crippen LogP contribution < -0.4 is 5.73 Å². The molecule has 0 bridgehead atoms. The maximum atomic E-state index is 11.6. The third-order valence-electron chi connectivity index (χ3n) is 2.78. The highest BCUT2D eigenvalue weighted by atomic mass is 16.5. The quantitative estimate of drug-likeness (QED) is 0.638. The van der Waals surface area contributed by atoms with Gasteiger partial charge in [0.2, 0.25) is 0 Å². The molecule has 1 atom stereocenters. The molecule has 5 nitrogen and oxygen atoms in total. The van der Waals surface area contributed by atoms with Crippen molar-refractivity contribution in [2.24, 2.45) is 0 Å². The number of rotatable bonds is 5. The Hall–Kier alpha value is -1.96. The number of anilines is 1. The van der Waals surface area contributed by atoms with Crippen molar-refractivity contribution in [1.29, 1.82) is 0 Å². The van der Waals surface area contributed by atoms with Crippen LogP contribution in [0.1, 0.15) is 49.0 Å². The van der Waals surface area contributed by atoms with Gasteiger partial charge in [-0.1, -0.05) is 26.2 Å². The fourth-order valence-corrected chi connectivity index (χ4v) is 1.90. The standard InChI is InChI=1S/C13H19N3O2/c1-5-8-9(6-2)16-10(7-3)15-11(12(16)14)13(17)18-4/h2,9H,5,7-8,14H2,1,3-4H3. The number of methoxy groups -OCH3 is 1. The van der Waals surface area contributed by atoms with Crippen molar-refractivity contribution in [2.75, 3.05) is 12.8 Å². The molecule has 0 aromatic carbocycles. The minimum absolute atomic E-state index is 0.144. The third kappa shape index (κ3) is 2.48. The molecule has 0 amide bonds. The molecule has 98 valence electrons. The lowest BCUT2D eigenvalue weighted by Crippen LogP contribution is -2.14. The van der Waals surface area contributed by atoms with E-state index < -0.39 is 5.97 Å². The zero-order valence-electron chi connectivity index (χ0n) is 11.1. The average molecular weight is 249 g/mol. The summed E-state index contributed by atoms with van der Waals surface area (Å²) in [6.07, 6.45) is 7.92. The van der Waals surface area contributed by atoms with Crippen molar-refractivity contribution in [2.45, 2.75) is 39.2 Å². The number of nitrogens with two attached hydrogens (primary N) is 1. The summed E-state index contributed by atoms with van der Waals surface area (Å²) in [4.78, 5) is 15.8. The number of carbonyl (C=O) groups excluding carboxylic acids is 1. The molecular weight excluding hydrogens is 230 g/mol. The SMILES string of the molecule is C#CC(CCC)n1c(CC)nc(C(=O)OC)c1N. The first kappa shape index (κ1) is 14.1. The number of nitrogen functional groups attached to an aromatic ring is 1. The average Bonchev–Trinajstić information content (AvgIpc) is 2.72. The number of aryl methyl sites for hydroxylation is 1. The zero-order valence-corrected chi connectivity index (χ0v) is 11.1. The van der Waals surface area contributed by atoms with Gasteiger partial charge in [-0.15, -0.1) is 6.42 Å². The fraction of sp³-hybridized carbons (Fsp3) is 0.538. The first-order valence-corrected chi connectivity index (χ1v) is 6.01. The van der Waals surface area contributed by atoms with E-state index in [2.05, 4.69) is 15.6 Å². The molecule has 18 heavy (non-hydrogen) atoms. The predicted molar refractivity (Wildman–Crippen MR) is 70.1 cm³/mol. The number of terminal acetylenes is 1. The van der Waals surface area contributed by atoms with Gasteiger partial charge in [-0.3, -0.25) is 4.57 Å². The summed E-state index contributed by atoms with van der Waals surface area (Å²) >= 11 is 0. The number of esters is 1. The minimum atomic E-state index is -0.534. The van der Waals surface area contributed by atoms with Crippen LogP contribution in [0.25, 0.3) is 0 Å². The van der Waals surface area contributed by atoms with Crippen molar-refractivity contribution in [3.63, 3.8) is 0 Å². The van der Waals surface area contributed by atoms with Gasteiger partial charge in [-0.2, -0.15) is 0 Å². The number of nitrogens with zero attached hydrogens (tertiary/aromatic N) is 2. The molecule has 1 unspecified atom stereocenters. The van der Waals surface area contributed by atoms with E-state index in [1.54, 1.807) is 4.57 Å². The van der Waals surface area contributed by atoms with Crippen LogP contribution in [0.4, 0.5) is 5.82 Å². The Balaban J connectivity index is 3.29. The number of aromatic nitrogens is 2. The molecule has 5 heteroatoms. The molecule has 0 spiro atoms. The van der Waals surface area contributed by atoms with Gasteiger partial charge in [0.15, 0.2) is 5.69 Å². The van der Waals surface area contributed by atoms with Crippen molar-refractivity contribution in [1.82, 2.24) is 9.55 Å². The predicted octanol–water partition coefficient (Wildman–Crippen LogP) is 1.79. The van der Waals surface area contributed by atoms with Gasteiger partial charge in [-0.25, -0.2) is 9.78 Å².